The van der Waals surface area contributed by atoms with E-state index in [1.807, 2.05) is 0 Å². The second-order valence-electron chi connectivity index (χ2n) is 4.63. The molecule has 0 amide bonds. The molecule has 0 aliphatic heterocycles. The number of alkyl halides is 2. The van der Waals surface area contributed by atoms with Crippen LogP contribution in [0.15, 0.2) is 24.3 Å². The highest BCUT2D eigenvalue weighted by Crippen LogP contribution is 2.14. The number of benzene rings is 1. The summed E-state index contributed by atoms with van der Waals surface area (Å²) in [7, 11) is 0. The van der Waals surface area contributed by atoms with E-state index < -0.39 is 13.0 Å². The van der Waals surface area contributed by atoms with Crippen LogP contribution in [0.1, 0.15) is 37.4 Å². The molecule has 1 atom stereocenters. The Bertz CT molecular complexity index is 341. The van der Waals surface area contributed by atoms with Crippen LogP contribution in [-0.2, 0) is 11.2 Å². The van der Waals surface area contributed by atoms with Crippen LogP contribution in [0.25, 0.3) is 0 Å². The number of nitrogens with one attached hydrogen (secondary N) is 1. The summed E-state index contributed by atoms with van der Waals surface area (Å²) in [5, 5.41) is 3.25. The number of ether oxygens (including phenoxy) is 1. The first-order valence-corrected chi connectivity index (χ1v) is 6.81. The van der Waals surface area contributed by atoms with E-state index in [2.05, 4.69) is 43.4 Å². The maximum Gasteiger partial charge on any atom is 0.261 e. The van der Waals surface area contributed by atoms with Gasteiger partial charge in [0.15, 0.2) is 0 Å². The monoisotopic (exact) mass is 271 g/mol. The van der Waals surface area contributed by atoms with E-state index in [0.29, 0.717) is 13.2 Å². The first-order valence-electron chi connectivity index (χ1n) is 6.81. The van der Waals surface area contributed by atoms with E-state index in [9.17, 15) is 8.78 Å². The van der Waals surface area contributed by atoms with Crippen molar-refractivity contribution in [1.29, 1.82) is 0 Å². The van der Waals surface area contributed by atoms with Crippen molar-refractivity contribution < 1.29 is 13.5 Å². The molecule has 0 aromatic heterocycles. The lowest BCUT2D eigenvalue weighted by Crippen LogP contribution is -2.24. The Morgan fingerprint density at radius 2 is 1.89 bits per heavy atom. The fraction of sp³-hybridized carbons (Fsp3) is 0.600. The first kappa shape index (κ1) is 16.1. The Morgan fingerprint density at radius 3 is 2.47 bits per heavy atom. The van der Waals surface area contributed by atoms with Gasteiger partial charge >= 0.3 is 0 Å². The molecule has 1 aromatic carbocycles. The standard InChI is InChI=1S/C15H23F2NO/c1-3-4-13-5-7-14(8-6-13)12(2)18-9-10-19-11-15(16)17/h5-8,12,15,18H,3-4,9-11H2,1-2H3. The molecule has 0 saturated heterocycles. The molecule has 2 nitrogen and oxygen atoms in total. The molecule has 0 aliphatic rings. The minimum atomic E-state index is -2.39. The van der Waals surface area contributed by atoms with E-state index in [-0.39, 0.29) is 6.04 Å². The van der Waals surface area contributed by atoms with Gasteiger partial charge in [-0.25, -0.2) is 8.78 Å². The van der Waals surface area contributed by atoms with Crippen molar-refractivity contribution in [1.82, 2.24) is 5.32 Å². The Labute approximate surface area is 114 Å². The minimum absolute atomic E-state index is 0.200. The number of halogens is 2. The van der Waals surface area contributed by atoms with Crippen molar-refractivity contribution in [2.24, 2.45) is 0 Å². The lowest BCUT2D eigenvalue weighted by atomic mass is 10.0. The van der Waals surface area contributed by atoms with Gasteiger partial charge in [0.05, 0.1) is 6.61 Å². The van der Waals surface area contributed by atoms with E-state index in [4.69, 9.17) is 4.74 Å². The summed E-state index contributed by atoms with van der Waals surface area (Å²) in [6.07, 6.45) is -0.137. The van der Waals surface area contributed by atoms with Crippen LogP contribution in [0.3, 0.4) is 0 Å². The SMILES string of the molecule is CCCc1ccc(C(C)NCCOCC(F)F)cc1. The van der Waals surface area contributed by atoms with Gasteiger partial charge in [-0.05, 0) is 24.5 Å². The number of hydrogen-bond donors (Lipinski definition) is 1. The summed E-state index contributed by atoms with van der Waals surface area (Å²) in [6.45, 7) is 4.62. The molecule has 0 fully saturated rings. The van der Waals surface area contributed by atoms with Crippen molar-refractivity contribution >= 4 is 0 Å². The van der Waals surface area contributed by atoms with Gasteiger partial charge in [0, 0.05) is 12.6 Å². The molecule has 108 valence electrons. The van der Waals surface area contributed by atoms with Gasteiger partial charge < -0.3 is 10.1 Å². The van der Waals surface area contributed by atoms with Crippen LogP contribution in [0.5, 0.6) is 0 Å². The molecule has 19 heavy (non-hydrogen) atoms. The largest absolute Gasteiger partial charge is 0.374 e. The Hall–Kier alpha value is -1.00. The molecule has 1 unspecified atom stereocenters. The minimum Gasteiger partial charge on any atom is -0.374 e. The van der Waals surface area contributed by atoms with E-state index >= 15 is 0 Å². The fourth-order valence-corrected chi connectivity index (χ4v) is 1.90. The summed E-state index contributed by atoms with van der Waals surface area (Å²) in [5.74, 6) is 0. The third-order valence-corrected chi connectivity index (χ3v) is 2.96. The highest BCUT2D eigenvalue weighted by molar-refractivity contribution is 5.24. The molecule has 0 aliphatic carbocycles. The maximum atomic E-state index is 11.8. The van der Waals surface area contributed by atoms with Gasteiger partial charge in [0.1, 0.15) is 6.61 Å². The van der Waals surface area contributed by atoms with Gasteiger partial charge in [-0.15, -0.1) is 0 Å². The van der Waals surface area contributed by atoms with Gasteiger partial charge in [0.25, 0.3) is 6.43 Å². The van der Waals surface area contributed by atoms with Crippen LogP contribution in [0, 0.1) is 0 Å². The van der Waals surface area contributed by atoms with Crippen LogP contribution < -0.4 is 5.32 Å². The Kier molecular flexibility index (Phi) is 7.60. The van der Waals surface area contributed by atoms with Gasteiger partial charge in [-0.3, -0.25) is 0 Å². The molecule has 0 spiro atoms. The van der Waals surface area contributed by atoms with Crippen molar-refractivity contribution in [3.63, 3.8) is 0 Å². The molecular formula is C15H23F2NO. The molecular weight excluding hydrogens is 248 g/mol. The summed E-state index contributed by atoms with van der Waals surface area (Å²) < 4.78 is 28.5. The zero-order valence-electron chi connectivity index (χ0n) is 11.7. The fourth-order valence-electron chi connectivity index (χ4n) is 1.90. The van der Waals surface area contributed by atoms with Crippen LogP contribution in [0.2, 0.25) is 0 Å². The van der Waals surface area contributed by atoms with Crippen molar-refractivity contribution in [3.8, 4) is 0 Å². The zero-order chi connectivity index (χ0) is 14.1. The third kappa shape index (κ3) is 6.64. The molecule has 0 radical (unpaired) electrons. The molecule has 1 N–H and O–H groups in total. The molecule has 0 heterocycles. The molecule has 1 aromatic rings. The number of aryl methyl sites for hydroxylation is 1. The quantitative estimate of drug-likeness (QED) is 0.693. The topological polar surface area (TPSA) is 21.3 Å². The highest BCUT2D eigenvalue weighted by Gasteiger charge is 2.05. The molecule has 1 rings (SSSR count). The average Bonchev–Trinajstić information content (AvgIpc) is 2.39. The highest BCUT2D eigenvalue weighted by atomic mass is 19.3. The second-order valence-corrected chi connectivity index (χ2v) is 4.63. The zero-order valence-corrected chi connectivity index (χ0v) is 11.7. The van der Waals surface area contributed by atoms with Crippen LogP contribution in [0.4, 0.5) is 8.78 Å². The number of rotatable bonds is 9. The number of hydrogen-bond acceptors (Lipinski definition) is 2. The van der Waals surface area contributed by atoms with Crippen molar-refractivity contribution in [2.45, 2.75) is 39.2 Å². The van der Waals surface area contributed by atoms with Crippen LogP contribution >= 0.6 is 0 Å². The van der Waals surface area contributed by atoms with E-state index in [0.717, 1.165) is 12.8 Å². The third-order valence-electron chi connectivity index (χ3n) is 2.96. The molecule has 0 bridgehead atoms. The summed E-state index contributed by atoms with van der Waals surface area (Å²) >= 11 is 0. The summed E-state index contributed by atoms with van der Waals surface area (Å²) in [6, 6.07) is 8.71. The van der Waals surface area contributed by atoms with Gasteiger partial charge in [0.2, 0.25) is 0 Å². The first-order chi connectivity index (χ1) is 9.13. The van der Waals surface area contributed by atoms with Gasteiger partial charge in [-0.2, -0.15) is 0 Å². The maximum absolute atomic E-state index is 11.8. The Morgan fingerprint density at radius 1 is 1.21 bits per heavy atom. The van der Waals surface area contributed by atoms with Crippen LogP contribution in [-0.4, -0.2) is 26.2 Å². The predicted molar refractivity (Wildman–Crippen MR) is 73.7 cm³/mol. The summed E-state index contributed by atoms with van der Waals surface area (Å²) in [5.41, 5.74) is 2.55. The van der Waals surface area contributed by atoms with E-state index in [1.54, 1.807) is 0 Å². The second kappa shape index (κ2) is 8.99. The molecule has 0 saturated carbocycles. The van der Waals surface area contributed by atoms with E-state index in [1.165, 1.54) is 11.1 Å². The summed E-state index contributed by atoms with van der Waals surface area (Å²) in [4.78, 5) is 0. The van der Waals surface area contributed by atoms with Gasteiger partial charge in [-0.1, -0.05) is 37.6 Å². The lowest BCUT2D eigenvalue weighted by molar-refractivity contribution is 0.0183. The molecule has 4 heteroatoms. The van der Waals surface area contributed by atoms with Crippen molar-refractivity contribution in [2.75, 3.05) is 19.8 Å². The lowest BCUT2D eigenvalue weighted by Gasteiger charge is -2.15. The average molecular weight is 271 g/mol. The Balaban J connectivity index is 2.26. The van der Waals surface area contributed by atoms with Crippen molar-refractivity contribution in [3.05, 3.63) is 35.4 Å². The predicted octanol–water partition coefficient (Wildman–Crippen LogP) is 3.57. The smallest absolute Gasteiger partial charge is 0.261 e. The normalized spacial score (nSPS) is 12.9.